The maximum Gasteiger partial charge on any atom is 0.339 e. The molecule has 0 amide bonds. The average Bonchev–Trinajstić information content (AvgIpc) is 2.59. The van der Waals surface area contributed by atoms with Gasteiger partial charge in [-0.05, 0) is 36.4 Å². The lowest BCUT2D eigenvalue weighted by atomic mass is 10.1. The molecule has 5 heteroatoms. The zero-order valence-corrected chi connectivity index (χ0v) is 13.0. The van der Waals surface area contributed by atoms with Crippen molar-refractivity contribution in [2.45, 2.75) is 0 Å². The Balaban J connectivity index is 2.43. The van der Waals surface area contributed by atoms with E-state index in [1.807, 2.05) is 0 Å². The van der Waals surface area contributed by atoms with Gasteiger partial charge < -0.3 is 19.3 Å². The standard InChI is InChI=1S/C18H16O5/c1-21-14-7-9-16(22-2)13(11-14)6-4-12-5-8-17(23-3)15(10-12)18(19)20/h5,7-11H,1-3H3,(H,19,20). The number of ether oxygens (including phenoxy) is 3. The average molecular weight is 312 g/mol. The van der Waals surface area contributed by atoms with Crippen molar-refractivity contribution in [2.75, 3.05) is 21.3 Å². The van der Waals surface area contributed by atoms with Crippen molar-refractivity contribution in [1.29, 1.82) is 0 Å². The molecule has 0 heterocycles. The minimum absolute atomic E-state index is 0.0666. The molecule has 23 heavy (non-hydrogen) atoms. The molecule has 0 saturated carbocycles. The number of benzene rings is 2. The molecule has 2 aromatic rings. The van der Waals surface area contributed by atoms with E-state index in [0.29, 0.717) is 28.4 Å². The molecule has 118 valence electrons. The summed E-state index contributed by atoms with van der Waals surface area (Å²) >= 11 is 0. The molecule has 0 aromatic heterocycles. The zero-order chi connectivity index (χ0) is 16.8. The molecular formula is C18H16O5. The van der Waals surface area contributed by atoms with Crippen LogP contribution in [-0.4, -0.2) is 32.4 Å². The molecule has 0 aliphatic heterocycles. The van der Waals surface area contributed by atoms with Crippen LogP contribution in [0.3, 0.4) is 0 Å². The van der Waals surface area contributed by atoms with Crippen LogP contribution in [0.15, 0.2) is 36.4 Å². The number of aromatic carboxylic acids is 1. The normalized spacial score (nSPS) is 9.52. The largest absolute Gasteiger partial charge is 0.497 e. The van der Waals surface area contributed by atoms with Gasteiger partial charge in [0.15, 0.2) is 0 Å². The summed E-state index contributed by atoms with van der Waals surface area (Å²) in [4.78, 5) is 11.2. The van der Waals surface area contributed by atoms with Gasteiger partial charge in [-0.25, -0.2) is 4.79 Å². The highest BCUT2D eigenvalue weighted by Crippen LogP contribution is 2.23. The Morgan fingerprint density at radius 1 is 0.913 bits per heavy atom. The van der Waals surface area contributed by atoms with Crippen molar-refractivity contribution in [3.8, 4) is 29.1 Å². The van der Waals surface area contributed by atoms with Crippen LogP contribution in [-0.2, 0) is 0 Å². The smallest absolute Gasteiger partial charge is 0.339 e. The van der Waals surface area contributed by atoms with Crippen LogP contribution in [0.4, 0.5) is 0 Å². The van der Waals surface area contributed by atoms with E-state index in [2.05, 4.69) is 11.8 Å². The molecule has 0 unspecified atom stereocenters. The third-order valence-electron chi connectivity index (χ3n) is 3.18. The van der Waals surface area contributed by atoms with Gasteiger partial charge in [-0.1, -0.05) is 11.8 Å². The number of rotatable bonds is 4. The topological polar surface area (TPSA) is 65.0 Å². The summed E-state index contributed by atoms with van der Waals surface area (Å²) in [5.74, 6) is 6.41. The summed E-state index contributed by atoms with van der Waals surface area (Å²) in [6.07, 6.45) is 0. The molecule has 0 fully saturated rings. The maximum absolute atomic E-state index is 11.2. The highest BCUT2D eigenvalue weighted by atomic mass is 16.5. The van der Waals surface area contributed by atoms with E-state index < -0.39 is 5.97 Å². The van der Waals surface area contributed by atoms with Crippen molar-refractivity contribution in [3.05, 3.63) is 53.1 Å². The molecule has 0 bridgehead atoms. The third kappa shape index (κ3) is 3.74. The van der Waals surface area contributed by atoms with Crippen molar-refractivity contribution >= 4 is 5.97 Å². The molecule has 5 nitrogen and oxygen atoms in total. The molecule has 2 aromatic carbocycles. The monoisotopic (exact) mass is 312 g/mol. The molecule has 0 aliphatic rings. The Hall–Kier alpha value is -3.13. The number of methoxy groups -OCH3 is 3. The van der Waals surface area contributed by atoms with Crippen LogP contribution in [0.25, 0.3) is 0 Å². The van der Waals surface area contributed by atoms with Gasteiger partial charge in [0, 0.05) is 5.56 Å². The van der Waals surface area contributed by atoms with Crippen LogP contribution in [0.5, 0.6) is 17.2 Å². The van der Waals surface area contributed by atoms with Gasteiger partial charge in [-0.3, -0.25) is 0 Å². The Morgan fingerprint density at radius 2 is 1.61 bits per heavy atom. The summed E-state index contributed by atoms with van der Waals surface area (Å²) < 4.78 is 15.5. The number of carboxylic acid groups (broad SMARTS) is 1. The molecule has 0 radical (unpaired) electrons. The van der Waals surface area contributed by atoms with E-state index >= 15 is 0 Å². The van der Waals surface area contributed by atoms with E-state index in [9.17, 15) is 9.90 Å². The lowest BCUT2D eigenvalue weighted by Gasteiger charge is -2.06. The van der Waals surface area contributed by atoms with Crippen LogP contribution in [0.1, 0.15) is 21.5 Å². The fourth-order valence-electron chi connectivity index (χ4n) is 2.00. The molecule has 1 N–H and O–H groups in total. The van der Waals surface area contributed by atoms with Gasteiger partial charge in [-0.15, -0.1) is 0 Å². The highest BCUT2D eigenvalue weighted by Gasteiger charge is 2.10. The summed E-state index contributed by atoms with van der Waals surface area (Å²) in [7, 11) is 4.55. The maximum atomic E-state index is 11.2. The van der Waals surface area contributed by atoms with E-state index in [4.69, 9.17) is 14.2 Å². The van der Waals surface area contributed by atoms with Crippen LogP contribution >= 0.6 is 0 Å². The van der Waals surface area contributed by atoms with E-state index in [0.717, 1.165) is 0 Å². The first-order chi connectivity index (χ1) is 11.1. The molecule has 0 aliphatic carbocycles. The van der Waals surface area contributed by atoms with Crippen LogP contribution in [0, 0.1) is 11.8 Å². The number of hydrogen-bond acceptors (Lipinski definition) is 4. The van der Waals surface area contributed by atoms with E-state index in [-0.39, 0.29) is 5.56 Å². The number of carbonyl (C=O) groups is 1. The van der Waals surface area contributed by atoms with Crippen molar-refractivity contribution in [2.24, 2.45) is 0 Å². The minimum Gasteiger partial charge on any atom is -0.497 e. The molecule has 0 atom stereocenters. The lowest BCUT2D eigenvalue weighted by Crippen LogP contribution is -2.00. The van der Waals surface area contributed by atoms with Gasteiger partial charge >= 0.3 is 5.97 Å². The summed E-state index contributed by atoms with van der Waals surface area (Å²) in [5.41, 5.74) is 1.28. The fourth-order valence-corrected chi connectivity index (χ4v) is 2.00. The highest BCUT2D eigenvalue weighted by molar-refractivity contribution is 5.91. The van der Waals surface area contributed by atoms with Gasteiger partial charge in [0.25, 0.3) is 0 Å². The summed E-state index contributed by atoms with van der Waals surface area (Å²) in [5, 5.41) is 9.19. The van der Waals surface area contributed by atoms with E-state index in [1.54, 1.807) is 44.6 Å². The van der Waals surface area contributed by atoms with Crippen LogP contribution < -0.4 is 14.2 Å². The van der Waals surface area contributed by atoms with Gasteiger partial charge in [-0.2, -0.15) is 0 Å². The predicted octanol–water partition coefficient (Wildman–Crippen LogP) is 2.81. The number of hydrogen-bond donors (Lipinski definition) is 1. The van der Waals surface area contributed by atoms with Gasteiger partial charge in [0.1, 0.15) is 22.8 Å². The predicted molar refractivity (Wildman–Crippen MR) is 85.5 cm³/mol. The first-order valence-corrected chi connectivity index (χ1v) is 6.74. The first kappa shape index (κ1) is 16.2. The summed E-state index contributed by atoms with van der Waals surface area (Å²) in [6, 6.07) is 10.1. The van der Waals surface area contributed by atoms with Gasteiger partial charge in [0.05, 0.1) is 26.9 Å². The van der Waals surface area contributed by atoms with Crippen molar-refractivity contribution in [1.82, 2.24) is 0 Å². The van der Waals surface area contributed by atoms with Crippen molar-refractivity contribution < 1.29 is 24.1 Å². The Morgan fingerprint density at radius 3 is 2.22 bits per heavy atom. The molecule has 0 spiro atoms. The third-order valence-corrected chi connectivity index (χ3v) is 3.18. The molecular weight excluding hydrogens is 296 g/mol. The summed E-state index contributed by atoms with van der Waals surface area (Å²) in [6.45, 7) is 0. The second-order valence-corrected chi connectivity index (χ2v) is 4.54. The van der Waals surface area contributed by atoms with E-state index in [1.165, 1.54) is 13.2 Å². The second kappa shape index (κ2) is 7.23. The first-order valence-electron chi connectivity index (χ1n) is 6.74. The SMILES string of the molecule is COc1ccc(OC)c(C#Cc2ccc(OC)c(C(=O)O)c2)c1. The number of carboxylic acids is 1. The van der Waals surface area contributed by atoms with Crippen LogP contribution in [0.2, 0.25) is 0 Å². The lowest BCUT2D eigenvalue weighted by molar-refractivity contribution is 0.0693. The quantitative estimate of drug-likeness (QED) is 0.880. The fraction of sp³-hybridized carbons (Fsp3) is 0.167. The second-order valence-electron chi connectivity index (χ2n) is 4.54. The zero-order valence-electron chi connectivity index (χ0n) is 13.0. The van der Waals surface area contributed by atoms with Crippen molar-refractivity contribution in [3.63, 3.8) is 0 Å². The molecule has 0 saturated heterocycles. The Labute approximate surface area is 134 Å². The Bertz CT molecular complexity index is 784. The Kier molecular flexibility index (Phi) is 5.11. The van der Waals surface area contributed by atoms with Gasteiger partial charge in [0.2, 0.25) is 0 Å². The molecule has 2 rings (SSSR count). The minimum atomic E-state index is -1.07.